The number of nitrogens with one attached hydrogen (secondary N) is 1. The van der Waals surface area contributed by atoms with Crippen LogP contribution >= 0.6 is 23.2 Å². The highest BCUT2D eigenvalue weighted by atomic mass is 35.5. The van der Waals surface area contributed by atoms with Gasteiger partial charge in [-0.25, -0.2) is 4.68 Å². The topological polar surface area (TPSA) is 64.7 Å². The highest BCUT2D eigenvalue weighted by Crippen LogP contribution is 2.61. The van der Waals surface area contributed by atoms with E-state index in [1.54, 1.807) is 10.7 Å². The second kappa shape index (κ2) is 9.28. The average molecular weight is 547 g/mol. The molecule has 0 unspecified atom stereocenters. The van der Waals surface area contributed by atoms with Gasteiger partial charge in [-0.2, -0.15) is 10.2 Å². The largest absolute Gasteiger partial charge is 0.305 e. The summed E-state index contributed by atoms with van der Waals surface area (Å²) < 4.78 is 3.64. The molecule has 1 amide bonds. The van der Waals surface area contributed by atoms with E-state index in [-0.39, 0.29) is 11.3 Å². The average Bonchev–Trinajstić information content (AvgIpc) is 3.53. The van der Waals surface area contributed by atoms with E-state index >= 15 is 0 Å². The summed E-state index contributed by atoms with van der Waals surface area (Å²) in [4.78, 5) is 13.8. The summed E-state index contributed by atoms with van der Waals surface area (Å²) in [5.74, 6) is 2.62. The van der Waals surface area contributed by atoms with Gasteiger partial charge in [0.15, 0.2) is 5.82 Å². The molecule has 0 saturated heterocycles. The SMILES string of the molecule is O=C(Nc1ccn(Cc2ccc(Cl)cc2Cl)n1)c1cn(-c2ccccc2)nc1C12CC3CC(CC(C3)C1)C2. The lowest BCUT2D eigenvalue weighted by Gasteiger charge is -2.56. The van der Waals surface area contributed by atoms with Crippen molar-refractivity contribution in [1.82, 2.24) is 19.6 Å². The van der Waals surface area contributed by atoms with Gasteiger partial charge in [0.25, 0.3) is 5.91 Å². The second-order valence-corrected chi connectivity index (χ2v) is 12.3. The monoisotopic (exact) mass is 545 g/mol. The Morgan fingerprint density at radius 2 is 1.66 bits per heavy atom. The normalized spacial score (nSPS) is 25.6. The summed E-state index contributed by atoms with van der Waals surface area (Å²) >= 11 is 12.4. The van der Waals surface area contributed by atoms with E-state index in [0.29, 0.717) is 28.0 Å². The first-order valence-electron chi connectivity index (χ1n) is 13.4. The van der Waals surface area contributed by atoms with Crippen LogP contribution in [0.3, 0.4) is 0 Å². The van der Waals surface area contributed by atoms with Gasteiger partial charge >= 0.3 is 0 Å². The van der Waals surface area contributed by atoms with Crippen molar-refractivity contribution < 1.29 is 4.79 Å². The Kier molecular flexibility index (Phi) is 5.86. The van der Waals surface area contributed by atoms with Crippen LogP contribution in [0.4, 0.5) is 5.82 Å². The molecule has 0 aliphatic heterocycles. The number of benzene rings is 2. The van der Waals surface area contributed by atoms with Crippen LogP contribution in [0.15, 0.2) is 67.0 Å². The molecule has 2 aromatic carbocycles. The van der Waals surface area contributed by atoms with E-state index < -0.39 is 0 Å². The van der Waals surface area contributed by atoms with E-state index in [1.165, 1.54) is 19.3 Å². The van der Waals surface area contributed by atoms with Gasteiger partial charge < -0.3 is 5.32 Å². The molecule has 8 heteroatoms. The zero-order valence-electron chi connectivity index (χ0n) is 21.0. The van der Waals surface area contributed by atoms with Crippen LogP contribution in [0, 0.1) is 17.8 Å². The first-order valence-corrected chi connectivity index (χ1v) is 14.1. The number of hydrogen-bond donors (Lipinski definition) is 1. The van der Waals surface area contributed by atoms with Gasteiger partial charge in [-0.05, 0) is 86.1 Å². The lowest BCUT2D eigenvalue weighted by Crippen LogP contribution is -2.49. The summed E-state index contributed by atoms with van der Waals surface area (Å²) in [7, 11) is 0. The van der Waals surface area contributed by atoms with Crippen LogP contribution in [-0.4, -0.2) is 25.5 Å². The molecule has 4 aliphatic rings. The summed E-state index contributed by atoms with van der Waals surface area (Å²) in [6.45, 7) is 0.482. The van der Waals surface area contributed by atoms with Crippen molar-refractivity contribution in [2.75, 3.05) is 5.32 Å². The number of nitrogens with zero attached hydrogens (tertiary/aromatic N) is 4. The molecule has 4 fully saturated rings. The number of amides is 1. The number of hydrogen-bond acceptors (Lipinski definition) is 3. The molecule has 0 atom stereocenters. The molecule has 0 radical (unpaired) electrons. The molecule has 2 heterocycles. The Bertz CT molecular complexity index is 1470. The molecule has 38 heavy (non-hydrogen) atoms. The van der Waals surface area contributed by atoms with E-state index in [0.717, 1.165) is 54.0 Å². The van der Waals surface area contributed by atoms with Gasteiger partial charge in [-0.1, -0.05) is 47.5 Å². The number of aromatic nitrogens is 4. The lowest BCUT2D eigenvalue weighted by molar-refractivity contribution is -0.00765. The van der Waals surface area contributed by atoms with E-state index in [2.05, 4.69) is 10.4 Å². The highest BCUT2D eigenvalue weighted by molar-refractivity contribution is 6.35. The van der Waals surface area contributed by atoms with E-state index in [9.17, 15) is 4.79 Å². The third kappa shape index (κ3) is 4.34. The molecule has 2 aromatic heterocycles. The summed E-state index contributed by atoms with van der Waals surface area (Å²) in [5, 5.41) is 13.9. The molecule has 6 nitrogen and oxygen atoms in total. The van der Waals surface area contributed by atoms with Crippen molar-refractivity contribution in [2.45, 2.75) is 50.5 Å². The maximum absolute atomic E-state index is 13.8. The molecule has 8 rings (SSSR count). The van der Waals surface area contributed by atoms with Gasteiger partial charge in [0.1, 0.15) is 0 Å². The van der Waals surface area contributed by atoms with Crippen molar-refractivity contribution in [2.24, 2.45) is 17.8 Å². The predicted octanol–water partition coefficient (Wildman–Crippen LogP) is 7.14. The van der Waals surface area contributed by atoms with Crippen molar-refractivity contribution in [3.05, 3.63) is 93.9 Å². The van der Waals surface area contributed by atoms with Crippen LogP contribution < -0.4 is 5.32 Å². The minimum Gasteiger partial charge on any atom is -0.305 e. The summed E-state index contributed by atoms with van der Waals surface area (Å²) in [5.41, 5.74) is 3.48. The van der Waals surface area contributed by atoms with Crippen LogP contribution in [0.25, 0.3) is 5.69 Å². The fraction of sp³-hybridized carbons (Fsp3) is 0.367. The first kappa shape index (κ1) is 24.0. The Morgan fingerprint density at radius 1 is 0.947 bits per heavy atom. The summed E-state index contributed by atoms with van der Waals surface area (Å²) in [6, 6.07) is 17.3. The van der Waals surface area contributed by atoms with E-state index in [4.69, 9.17) is 28.3 Å². The zero-order valence-corrected chi connectivity index (χ0v) is 22.5. The van der Waals surface area contributed by atoms with Gasteiger partial charge in [0.05, 0.1) is 23.5 Å². The molecular weight excluding hydrogens is 517 g/mol. The fourth-order valence-electron chi connectivity index (χ4n) is 7.57. The van der Waals surface area contributed by atoms with Crippen LogP contribution in [-0.2, 0) is 12.0 Å². The lowest BCUT2D eigenvalue weighted by atomic mass is 9.48. The molecular formula is C30H29Cl2N5O. The molecule has 4 bridgehead atoms. The van der Waals surface area contributed by atoms with E-state index in [1.807, 2.05) is 65.6 Å². The van der Waals surface area contributed by atoms with Crippen molar-refractivity contribution in [3.63, 3.8) is 0 Å². The number of anilines is 1. The second-order valence-electron chi connectivity index (χ2n) is 11.5. The minimum absolute atomic E-state index is 0.00779. The van der Waals surface area contributed by atoms with Crippen molar-refractivity contribution in [3.8, 4) is 5.69 Å². The fourth-order valence-corrected chi connectivity index (χ4v) is 8.04. The molecule has 1 N–H and O–H groups in total. The quantitative estimate of drug-likeness (QED) is 0.280. The first-order chi connectivity index (χ1) is 18.4. The predicted molar refractivity (Wildman–Crippen MR) is 149 cm³/mol. The number of carbonyl (C=O) groups is 1. The number of halogens is 2. The third-order valence-corrected chi connectivity index (χ3v) is 9.34. The smallest absolute Gasteiger partial charge is 0.260 e. The standard InChI is InChI=1S/C30H29Cl2N5O/c31-23-7-6-22(26(32)13-23)17-36-9-8-27(34-36)33-29(38)25-18-37(24-4-2-1-3-5-24)35-28(25)30-14-19-10-20(15-30)12-21(11-19)16-30/h1-9,13,18-21H,10-12,14-17H2,(H,33,34,38). The molecule has 194 valence electrons. The number of para-hydroxylation sites is 1. The third-order valence-electron chi connectivity index (χ3n) is 8.75. The Labute approximate surface area is 231 Å². The van der Waals surface area contributed by atoms with Crippen LogP contribution in [0.5, 0.6) is 0 Å². The minimum atomic E-state index is -0.160. The van der Waals surface area contributed by atoms with Gasteiger partial charge in [-0.15, -0.1) is 0 Å². The van der Waals surface area contributed by atoms with Crippen LogP contribution in [0.2, 0.25) is 10.0 Å². The maximum atomic E-state index is 13.8. The van der Waals surface area contributed by atoms with Gasteiger partial charge in [0.2, 0.25) is 0 Å². The Balaban J connectivity index is 1.19. The Hall–Kier alpha value is -3.09. The van der Waals surface area contributed by atoms with Gasteiger partial charge in [0, 0.05) is 33.9 Å². The Morgan fingerprint density at radius 3 is 2.34 bits per heavy atom. The molecule has 4 aromatic rings. The van der Waals surface area contributed by atoms with Crippen LogP contribution in [0.1, 0.15) is 60.1 Å². The zero-order chi connectivity index (χ0) is 25.9. The maximum Gasteiger partial charge on any atom is 0.260 e. The van der Waals surface area contributed by atoms with Crippen molar-refractivity contribution in [1.29, 1.82) is 0 Å². The number of carbonyl (C=O) groups excluding carboxylic acids is 1. The van der Waals surface area contributed by atoms with Gasteiger partial charge in [-0.3, -0.25) is 9.48 Å². The molecule has 0 spiro atoms. The molecule has 4 saturated carbocycles. The molecule has 4 aliphatic carbocycles. The van der Waals surface area contributed by atoms with Crippen molar-refractivity contribution >= 4 is 34.9 Å². The highest BCUT2D eigenvalue weighted by Gasteiger charge is 2.54. The number of rotatable bonds is 6. The summed E-state index contributed by atoms with van der Waals surface area (Å²) in [6.07, 6.45) is 11.2.